The Labute approximate surface area is 127 Å². The second-order valence-electron chi connectivity index (χ2n) is 4.98. The van der Waals surface area contributed by atoms with Gasteiger partial charge >= 0.3 is 0 Å². The third-order valence-electron chi connectivity index (χ3n) is 3.36. The summed E-state index contributed by atoms with van der Waals surface area (Å²) < 4.78 is 0. The van der Waals surface area contributed by atoms with E-state index >= 15 is 0 Å². The van der Waals surface area contributed by atoms with Gasteiger partial charge in [0.1, 0.15) is 10.7 Å². The fourth-order valence-electron chi connectivity index (χ4n) is 2.28. The van der Waals surface area contributed by atoms with Crippen LogP contribution in [0.25, 0.3) is 10.7 Å². The zero-order valence-corrected chi connectivity index (χ0v) is 12.3. The van der Waals surface area contributed by atoms with Crippen LogP contribution in [0.15, 0.2) is 36.1 Å². The Morgan fingerprint density at radius 2 is 2.38 bits per heavy atom. The normalized spacial score (nSPS) is 17.0. The number of amides is 1. The Morgan fingerprint density at radius 3 is 3.14 bits per heavy atom. The van der Waals surface area contributed by atoms with E-state index < -0.39 is 0 Å². The van der Waals surface area contributed by atoms with Gasteiger partial charge in [0.05, 0.1) is 18.4 Å². The Bertz CT molecular complexity index is 638. The van der Waals surface area contributed by atoms with Gasteiger partial charge in [-0.3, -0.25) is 14.8 Å². The predicted octanol–water partition coefficient (Wildman–Crippen LogP) is 2.57. The third kappa shape index (κ3) is 3.72. The van der Waals surface area contributed by atoms with Crippen molar-refractivity contribution in [3.8, 4) is 10.7 Å². The van der Waals surface area contributed by atoms with Gasteiger partial charge in [0.25, 0.3) is 0 Å². The lowest BCUT2D eigenvalue weighted by atomic mass is 10.1. The molecule has 1 aliphatic rings. The van der Waals surface area contributed by atoms with Crippen LogP contribution in [0.2, 0.25) is 0 Å². The quantitative estimate of drug-likeness (QED) is 0.862. The van der Waals surface area contributed by atoms with Gasteiger partial charge in [-0.1, -0.05) is 12.2 Å². The van der Waals surface area contributed by atoms with Crippen molar-refractivity contribution in [3.63, 3.8) is 0 Å². The topological polar surface area (TPSA) is 67.8 Å². The highest BCUT2D eigenvalue weighted by molar-refractivity contribution is 7.13. The summed E-state index contributed by atoms with van der Waals surface area (Å²) in [6, 6.07) is 0. The third-order valence-corrected chi connectivity index (χ3v) is 4.27. The molecule has 0 aromatic carbocycles. The molecule has 6 heteroatoms. The van der Waals surface area contributed by atoms with E-state index in [-0.39, 0.29) is 5.91 Å². The summed E-state index contributed by atoms with van der Waals surface area (Å²) in [5, 5.41) is 5.70. The number of carbonyl (C=O) groups excluding carboxylic acids is 1. The van der Waals surface area contributed by atoms with Crippen molar-refractivity contribution in [1.82, 2.24) is 20.3 Å². The maximum absolute atomic E-state index is 11.9. The minimum atomic E-state index is 0.0839. The lowest BCUT2D eigenvalue weighted by Gasteiger charge is -2.07. The van der Waals surface area contributed by atoms with E-state index in [1.54, 1.807) is 18.6 Å². The van der Waals surface area contributed by atoms with E-state index in [1.807, 2.05) is 5.38 Å². The Hall–Kier alpha value is -2.08. The average Bonchev–Trinajstić information content (AvgIpc) is 3.17. The molecular formula is C15H16N4OS. The maximum Gasteiger partial charge on any atom is 0.220 e. The summed E-state index contributed by atoms with van der Waals surface area (Å²) in [4.78, 5) is 24.6. The molecule has 0 fully saturated rings. The number of hydrogen-bond donors (Lipinski definition) is 1. The van der Waals surface area contributed by atoms with Crippen molar-refractivity contribution >= 4 is 17.2 Å². The first-order chi connectivity index (χ1) is 10.3. The molecule has 2 aromatic heterocycles. The molecular weight excluding hydrogens is 284 g/mol. The first-order valence-electron chi connectivity index (χ1n) is 6.95. The Morgan fingerprint density at radius 1 is 1.43 bits per heavy atom. The van der Waals surface area contributed by atoms with Gasteiger partial charge in [-0.05, 0) is 18.8 Å². The van der Waals surface area contributed by atoms with Crippen molar-refractivity contribution in [1.29, 1.82) is 0 Å². The van der Waals surface area contributed by atoms with Crippen molar-refractivity contribution in [2.45, 2.75) is 25.8 Å². The fraction of sp³-hybridized carbons (Fsp3) is 0.333. The van der Waals surface area contributed by atoms with Crippen molar-refractivity contribution in [2.24, 2.45) is 5.92 Å². The van der Waals surface area contributed by atoms with E-state index in [1.165, 1.54) is 11.3 Å². The Kier molecular flexibility index (Phi) is 4.35. The minimum Gasteiger partial charge on any atom is -0.350 e. The number of rotatable bonds is 5. The molecule has 2 heterocycles. The van der Waals surface area contributed by atoms with E-state index in [9.17, 15) is 4.79 Å². The van der Waals surface area contributed by atoms with E-state index in [0.29, 0.717) is 18.9 Å². The Balaban J connectivity index is 1.53. The standard InChI is InChI=1S/C15H16N4OS/c20-14(7-11-3-1-2-4-11)18-8-12-10-21-15(19-12)13-9-16-5-6-17-13/h1,3,5-6,9-11H,2,4,7-8H2,(H,18,20). The monoisotopic (exact) mass is 300 g/mol. The van der Waals surface area contributed by atoms with Crippen LogP contribution in [-0.2, 0) is 11.3 Å². The van der Waals surface area contributed by atoms with Crippen molar-refractivity contribution in [2.75, 3.05) is 0 Å². The second kappa shape index (κ2) is 6.58. The molecule has 1 atom stereocenters. The average molecular weight is 300 g/mol. The summed E-state index contributed by atoms with van der Waals surface area (Å²) >= 11 is 1.51. The number of aromatic nitrogens is 3. The van der Waals surface area contributed by atoms with Gasteiger partial charge in [0.2, 0.25) is 5.91 Å². The molecule has 21 heavy (non-hydrogen) atoms. The second-order valence-corrected chi connectivity index (χ2v) is 5.84. The minimum absolute atomic E-state index is 0.0839. The molecule has 0 saturated carbocycles. The molecule has 1 amide bonds. The number of nitrogens with zero attached hydrogens (tertiary/aromatic N) is 3. The van der Waals surface area contributed by atoms with Gasteiger partial charge in [0.15, 0.2) is 0 Å². The molecule has 0 spiro atoms. The number of thiazole rings is 1. The summed E-state index contributed by atoms with van der Waals surface area (Å²) in [5.41, 5.74) is 1.62. The molecule has 0 bridgehead atoms. The zero-order valence-electron chi connectivity index (χ0n) is 11.5. The maximum atomic E-state index is 11.9. The SMILES string of the molecule is O=C(CC1C=CCC1)NCc1csc(-c2cnccn2)n1. The van der Waals surface area contributed by atoms with E-state index in [0.717, 1.165) is 29.2 Å². The lowest BCUT2D eigenvalue weighted by Crippen LogP contribution is -2.24. The van der Waals surface area contributed by atoms with Crippen LogP contribution in [-0.4, -0.2) is 20.9 Å². The van der Waals surface area contributed by atoms with E-state index in [4.69, 9.17) is 0 Å². The predicted molar refractivity (Wildman–Crippen MR) is 81.5 cm³/mol. The highest BCUT2D eigenvalue weighted by atomic mass is 32.1. The van der Waals surface area contributed by atoms with Gasteiger partial charge in [-0.15, -0.1) is 11.3 Å². The number of hydrogen-bond acceptors (Lipinski definition) is 5. The number of allylic oxidation sites excluding steroid dienone is 2. The lowest BCUT2D eigenvalue weighted by molar-refractivity contribution is -0.121. The number of carbonyl (C=O) groups is 1. The van der Waals surface area contributed by atoms with Gasteiger partial charge in [-0.25, -0.2) is 4.98 Å². The van der Waals surface area contributed by atoms with Gasteiger partial charge < -0.3 is 5.32 Å². The van der Waals surface area contributed by atoms with Crippen molar-refractivity contribution in [3.05, 3.63) is 41.8 Å². The molecule has 0 saturated heterocycles. The largest absolute Gasteiger partial charge is 0.350 e. The molecule has 108 valence electrons. The summed E-state index contributed by atoms with van der Waals surface area (Å²) in [7, 11) is 0. The summed E-state index contributed by atoms with van der Waals surface area (Å²) in [6.45, 7) is 0.464. The molecule has 1 unspecified atom stereocenters. The summed E-state index contributed by atoms with van der Waals surface area (Å²) in [6.07, 6.45) is 12.0. The van der Waals surface area contributed by atoms with Gasteiger partial charge in [-0.2, -0.15) is 0 Å². The highest BCUT2D eigenvalue weighted by Crippen LogP contribution is 2.21. The molecule has 0 aliphatic heterocycles. The van der Waals surface area contributed by atoms with Crippen LogP contribution in [0.5, 0.6) is 0 Å². The van der Waals surface area contributed by atoms with Crippen LogP contribution in [0.4, 0.5) is 0 Å². The van der Waals surface area contributed by atoms with Crippen LogP contribution >= 0.6 is 11.3 Å². The molecule has 3 rings (SSSR count). The van der Waals surface area contributed by atoms with Crippen LogP contribution in [0.3, 0.4) is 0 Å². The van der Waals surface area contributed by atoms with Crippen LogP contribution in [0, 0.1) is 5.92 Å². The first-order valence-corrected chi connectivity index (χ1v) is 7.83. The number of nitrogens with one attached hydrogen (secondary N) is 1. The van der Waals surface area contributed by atoms with E-state index in [2.05, 4.69) is 32.4 Å². The summed E-state index contributed by atoms with van der Waals surface area (Å²) in [5.74, 6) is 0.483. The highest BCUT2D eigenvalue weighted by Gasteiger charge is 2.14. The molecule has 1 N–H and O–H groups in total. The van der Waals surface area contributed by atoms with Crippen LogP contribution in [0.1, 0.15) is 25.0 Å². The molecule has 0 radical (unpaired) electrons. The zero-order chi connectivity index (χ0) is 14.5. The first kappa shape index (κ1) is 13.9. The van der Waals surface area contributed by atoms with Gasteiger partial charge in [0, 0.05) is 24.2 Å². The molecule has 2 aromatic rings. The molecule has 1 aliphatic carbocycles. The fourth-order valence-corrected chi connectivity index (χ4v) is 3.06. The smallest absolute Gasteiger partial charge is 0.220 e. The van der Waals surface area contributed by atoms with Crippen molar-refractivity contribution < 1.29 is 4.79 Å². The molecule has 5 nitrogen and oxygen atoms in total. The van der Waals surface area contributed by atoms with Crippen LogP contribution < -0.4 is 5.32 Å².